The van der Waals surface area contributed by atoms with Crippen LogP contribution in [0.2, 0.25) is 0 Å². The summed E-state index contributed by atoms with van der Waals surface area (Å²) in [6.45, 7) is -0.593. The number of carboxylic acid groups (broad SMARTS) is 1. The summed E-state index contributed by atoms with van der Waals surface area (Å²) in [6.07, 6.45) is 1.38. The van der Waals surface area contributed by atoms with Crippen molar-refractivity contribution in [3.63, 3.8) is 0 Å². The van der Waals surface area contributed by atoms with Gasteiger partial charge in [-0.05, 0) is 54.2 Å². The van der Waals surface area contributed by atoms with Gasteiger partial charge in [-0.1, -0.05) is 30.3 Å². The van der Waals surface area contributed by atoms with Crippen LogP contribution in [0, 0.1) is 0 Å². The Morgan fingerprint density at radius 3 is 2.51 bits per heavy atom. The molecular formula is C27H25N5O6S. The van der Waals surface area contributed by atoms with E-state index in [2.05, 4.69) is 20.7 Å². The highest BCUT2D eigenvalue weighted by molar-refractivity contribution is 7.99. The molecular weight excluding hydrogens is 522 g/mol. The minimum absolute atomic E-state index is 0.0310. The molecule has 3 aromatic carbocycles. The molecule has 0 saturated heterocycles. The lowest BCUT2D eigenvalue weighted by atomic mass is 10.2. The van der Waals surface area contributed by atoms with Gasteiger partial charge in [-0.25, -0.2) is 5.43 Å². The number of nitrogens with zero attached hydrogens (tertiary/aromatic N) is 3. The second-order valence-corrected chi connectivity index (χ2v) is 8.82. The number of carboxylic acids is 1. The van der Waals surface area contributed by atoms with Crippen molar-refractivity contribution in [2.75, 3.05) is 26.6 Å². The zero-order chi connectivity index (χ0) is 27.6. The number of nitrogens with one attached hydrogen (secondary N) is 2. The zero-order valence-electron chi connectivity index (χ0n) is 21.1. The molecule has 0 aliphatic carbocycles. The number of aromatic nitrogens is 3. The van der Waals surface area contributed by atoms with Gasteiger partial charge in [0.1, 0.15) is 18.0 Å². The van der Waals surface area contributed by atoms with E-state index in [0.29, 0.717) is 33.8 Å². The monoisotopic (exact) mass is 547 g/mol. The van der Waals surface area contributed by atoms with E-state index < -0.39 is 12.6 Å². The van der Waals surface area contributed by atoms with Gasteiger partial charge in [0, 0.05) is 5.56 Å². The molecule has 39 heavy (non-hydrogen) atoms. The Morgan fingerprint density at radius 1 is 1.03 bits per heavy atom. The summed E-state index contributed by atoms with van der Waals surface area (Å²) < 4.78 is 17.9. The van der Waals surface area contributed by atoms with Crippen molar-refractivity contribution in [2.24, 2.45) is 5.10 Å². The van der Waals surface area contributed by atoms with Crippen LogP contribution >= 0.6 is 11.8 Å². The molecule has 0 aliphatic rings. The van der Waals surface area contributed by atoms with E-state index in [4.69, 9.17) is 14.2 Å². The maximum atomic E-state index is 12.5. The van der Waals surface area contributed by atoms with Crippen molar-refractivity contribution in [3.05, 3.63) is 78.4 Å². The van der Waals surface area contributed by atoms with E-state index in [0.717, 1.165) is 11.3 Å². The molecule has 0 unspecified atom stereocenters. The first-order valence-electron chi connectivity index (χ1n) is 11.6. The van der Waals surface area contributed by atoms with E-state index in [1.54, 1.807) is 38.5 Å². The van der Waals surface area contributed by atoms with Crippen LogP contribution in [-0.2, 0) is 9.59 Å². The van der Waals surface area contributed by atoms with Gasteiger partial charge in [-0.2, -0.15) is 9.67 Å². The molecule has 1 amide bonds. The van der Waals surface area contributed by atoms with E-state index in [1.807, 2.05) is 53.1 Å². The smallest absolute Gasteiger partial charge is 0.342 e. The maximum Gasteiger partial charge on any atom is 0.342 e. The highest BCUT2D eigenvalue weighted by Crippen LogP contribution is 2.31. The van der Waals surface area contributed by atoms with Crippen LogP contribution in [0.3, 0.4) is 0 Å². The Balaban J connectivity index is 1.49. The van der Waals surface area contributed by atoms with Crippen molar-refractivity contribution in [1.82, 2.24) is 15.6 Å². The van der Waals surface area contributed by atoms with Crippen molar-refractivity contribution in [2.45, 2.75) is 5.16 Å². The predicted octanol–water partition coefficient (Wildman–Crippen LogP) is 1.74. The summed E-state index contributed by atoms with van der Waals surface area (Å²) in [5.41, 5.74) is 4.63. The summed E-state index contributed by atoms with van der Waals surface area (Å²) in [5, 5.41) is 22.7. The Bertz CT molecular complexity index is 1470. The number of H-pyrrole nitrogens is 1. The summed E-state index contributed by atoms with van der Waals surface area (Å²) >= 11 is 1.23. The van der Waals surface area contributed by atoms with Crippen LogP contribution in [0.15, 0.2) is 83.1 Å². The Kier molecular flexibility index (Phi) is 9.14. The van der Waals surface area contributed by atoms with Gasteiger partial charge in [0.25, 0.3) is 11.7 Å². The first-order valence-corrected chi connectivity index (χ1v) is 12.6. The van der Waals surface area contributed by atoms with E-state index in [9.17, 15) is 14.7 Å². The molecule has 0 saturated carbocycles. The zero-order valence-corrected chi connectivity index (χ0v) is 21.9. The summed E-state index contributed by atoms with van der Waals surface area (Å²) in [4.78, 5) is 23.2. The minimum atomic E-state index is -1.34. The number of methoxy groups -OCH3 is 2. The average Bonchev–Trinajstić information content (AvgIpc) is 3.39. The third-order valence-electron chi connectivity index (χ3n) is 5.33. The highest BCUT2D eigenvalue weighted by atomic mass is 32.2. The van der Waals surface area contributed by atoms with Crippen molar-refractivity contribution in [1.29, 1.82) is 0 Å². The first-order chi connectivity index (χ1) is 19.0. The largest absolute Gasteiger partial charge is 0.546 e. The van der Waals surface area contributed by atoms with E-state index >= 15 is 0 Å². The third kappa shape index (κ3) is 6.93. The van der Waals surface area contributed by atoms with Gasteiger partial charge in [0.2, 0.25) is 0 Å². The molecule has 0 bridgehead atoms. The standard InChI is InChI=1S/C27H25N5O6S/c1-36-22-13-12-18(14-23(22)37-2)26-30-31-27(32(26)20-9-4-3-5-10-20)39-17-24(33)29-28-15-19-8-6-7-11-21(19)38-16-25(34)35/h3-15H,16-17H2,1-2H3,(H2,29,33,34,35). The van der Waals surface area contributed by atoms with Gasteiger partial charge in [-0.3, -0.25) is 4.79 Å². The average molecular weight is 548 g/mol. The number of carbonyl (C=O) groups excluding carboxylic acids is 2. The summed E-state index contributed by atoms with van der Waals surface area (Å²) in [7, 11) is 3.15. The Morgan fingerprint density at radius 2 is 1.77 bits per heavy atom. The molecule has 0 fully saturated rings. The number of ether oxygens (including phenoxy) is 3. The maximum absolute atomic E-state index is 12.5. The van der Waals surface area contributed by atoms with Crippen LogP contribution in [-0.4, -0.2) is 54.9 Å². The second-order valence-electron chi connectivity index (χ2n) is 7.88. The van der Waals surface area contributed by atoms with Gasteiger partial charge in [0.15, 0.2) is 11.5 Å². The number of thioether (sulfide) groups is 1. The fourth-order valence-corrected chi connectivity index (χ4v) is 4.34. The number of hydrogen-bond acceptors (Lipinski definition) is 9. The lowest BCUT2D eigenvalue weighted by Crippen LogP contribution is -2.34. The summed E-state index contributed by atoms with van der Waals surface area (Å²) in [6, 6.07) is 21.9. The molecule has 1 heterocycles. The van der Waals surface area contributed by atoms with Gasteiger partial charge >= 0.3 is 5.16 Å². The molecule has 200 valence electrons. The van der Waals surface area contributed by atoms with Crippen LogP contribution in [0.1, 0.15) is 5.56 Å². The number of aliphatic carboxylic acids is 1. The number of para-hydroxylation sites is 2. The lowest BCUT2D eigenvalue weighted by Gasteiger charge is -2.09. The highest BCUT2D eigenvalue weighted by Gasteiger charge is 2.25. The number of hydrogen-bond donors (Lipinski definition) is 2. The number of benzene rings is 3. The number of amides is 1. The predicted molar refractivity (Wildman–Crippen MR) is 142 cm³/mol. The van der Waals surface area contributed by atoms with Crippen LogP contribution in [0.25, 0.3) is 17.1 Å². The molecule has 4 rings (SSSR count). The van der Waals surface area contributed by atoms with Crippen molar-refractivity contribution < 1.29 is 33.5 Å². The van der Waals surface area contributed by atoms with Crippen LogP contribution in [0.5, 0.6) is 17.2 Å². The van der Waals surface area contributed by atoms with Crippen molar-refractivity contribution >= 4 is 29.9 Å². The normalized spacial score (nSPS) is 10.8. The number of aromatic amines is 1. The Hall–Kier alpha value is -4.84. The third-order valence-corrected chi connectivity index (χ3v) is 6.27. The molecule has 4 aromatic rings. The SMILES string of the molecule is COc1ccc(-c2[nH]nc(SCC(=O)NN=Cc3ccccc3OCC(=O)[O-])[n+]2-c2ccccc2)cc1OC. The lowest BCUT2D eigenvalue weighted by molar-refractivity contribution is -0.625. The molecule has 2 N–H and O–H groups in total. The van der Waals surface area contributed by atoms with Crippen molar-refractivity contribution in [3.8, 4) is 34.3 Å². The molecule has 12 heteroatoms. The second kappa shape index (κ2) is 13.1. The van der Waals surface area contributed by atoms with Gasteiger partial charge < -0.3 is 24.1 Å². The minimum Gasteiger partial charge on any atom is -0.546 e. The van der Waals surface area contributed by atoms with Crippen LogP contribution in [0.4, 0.5) is 0 Å². The fraction of sp³-hybridized carbons (Fsp3) is 0.148. The number of rotatable bonds is 12. The number of hydrazone groups is 1. The molecule has 0 atom stereocenters. The van der Waals surface area contributed by atoms with Gasteiger partial charge in [0.05, 0.1) is 42.8 Å². The Labute approximate surface area is 228 Å². The van der Waals surface area contributed by atoms with E-state index in [-0.39, 0.29) is 11.7 Å². The molecule has 11 nitrogen and oxygen atoms in total. The number of carbonyl (C=O) groups is 2. The van der Waals surface area contributed by atoms with Crippen LogP contribution < -0.4 is 29.3 Å². The fourth-order valence-electron chi connectivity index (χ4n) is 3.58. The summed E-state index contributed by atoms with van der Waals surface area (Å²) in [5.74, 6) is 0.498. The molecule has 0 aliphatic heterocycles. The quantitative estimate of drug-likeness (QED) is 0.118. The molecule has 0 spiro atoms. The first kappa shape index (κ1) is 27.2. The van der Waals surface area contributed by atoms with E-state index in [1.165, 1.54) is 18.0 Å². The van der Waals surface area contributed by atoms with Gasteiger partial charge in [-0.15, -0.1) is 5.10 Å². The molecule has 0 radical (unpaired) electrons. The topological polar surface area (TPSA) is 142 Å². The molecule has 1 aromatic heterocycles.